The standard InChI is InChI=1S/C25H24ClF3N2O3S2/c1-18-7-5-6-8-19(18)17-35-14-13-30-24(32)16-31(36(33,34)21-9-3-2-4-10-21)20-11-12-23(26)22(15-20)25(27,28)29/h2-12,15H,13-14,16-17H2,1H3,(H,30,32). The average Bonchev–Trinajstić information content (AvgIpc) is 2.83. The van der Waals surface area contributed by atoms with Gasteiger partial charge in [0, 0.05) is 18.1 Å². The van der Waals surface area contributed by atoms with E-state index in [1.165, 1.54) is 29.8 Å². The highest BCUT2D eigenvalue weighted by atomic mass is 35.5. The fourth-order valence-electron chi connectivity index (χ4n) is 3.32. The molecule has 0 saturated heterocycles. The minimum absolute atomic E-state index is 0.157. The van der Waals surface area contributed by atoms with Crippen LogP contribution in [0.25, 0.3) is 0 Å². The summed E-state index contributed by atoms with van der Waals surface area (Å²) in [5, 5.41) is 2.08. The minimum Gasteiger partial charge on any atom is -0.354 e. The number of sulfonamides is 1. The zero-order valence-electron chi connectivity index (χ0n) is 19.3. The number of amides is 1. The molecule has 1 amide bonds. The van der Waals surface area contributed by atoms with Gasteiger partial charge < -0.3 is 5.32 Å². The lowest BCUT2D eigenvalue weighted by molar-refractivity contribution is -0.137. The first-order valence-electron chi connectivity index (χ1n) is 10.8. The second-order valence-electron chi connectivity index (χ2n) is 7.82. The second-order valence-corrected chi connectivity index (χ2v) is 11.2. The molecular weight excluding hydrogens is 533 g/mol. The molecule has 0 spiro atoms. The molecule has 3 aromatic rings. The molecule has 0 fully saturated rings. The van der Waals surface area contributed by atoms with Crippen LogP contribution in [-0.2, 0) is 26.7 Å². The van der Waals surface area contributed by atoms with E-state index >= 15 is 0 Å². The number of hydrogen-bond donors (Lipinski definition) is 1. The third-order valence-corrected chi connectivity index (χ3v) is 8.37. The number of nitrogens with zero attached hydrogens (tertiary/aromatic N) is 1. The molecule has 11 heteroatoms. The molecule has 5 nitrogen and oxygen atoms in total. The van der Waals surface area contributed by atoms with E-state index in [-0.39, 0.29) is 17.1 Å². The fourth-order valence-corrected chi connectivity index (χ4v) is 5.92. The Bertz CT molecular complexity index is 1300. The largest absolute Gasteiger partial charge is 0.417 e. The van der Waals surface area contributed by atoms with Gasteiger partial charge in [-0.1, -0.05) is 54.1 Å². The van der Waals surface area contributed by atoms with Crippen molar-refractivity contribution in [3.05, 3.63) is 94.5 Å². The smallest absolute Gasteiger partial charge is 0.354 e. The van der Waals surface area contributed by atoms with E-state index in [4.69, 9.17) is 11.6 Å². The second kappa shape index (κ2) is 12.0. The highest BCUT2D eigenvalue weighted by molar-refractivity contribution is 7.98. The van der Waals surface area contributed by atoms with Gasteiger partial charge in [-0.2, -0.15) is 24.9 Å². The molecular formula is C25H24ClF3N2O3S2. The number of halogens is 4. The van der Waals surface area contributed by atoms with Crippen molar-refractivity contribution in [2.45, 2.75) is 23.7 Å². The summed E-state index contributed by atoms with van der Waals surface area (Å²) in [5.41, 5.74) is 0.830. The normalized spacial score (nSPS) is 11.8. The predicted octanol–water partition coefficient (Wildman–Crippen LogP) is 5.91. The molecule has 0 unspecified atom stereocenters. The quantitative estimate of drug-likeness (QED) is 0.315. The Labute approximate surface area is 217 Å². The van der Waals surface area contributed by atoms with Gasteiger partial charge >= 0.3 is 6.18 Å². The maximum atomic E-state index is 13.4. The predicted molar refractivity (Wildman–Crippen MR) is 138 cm³/mol. The molecule has 0 aliphatic heterocycles. The summed E-state index contributed by atoms with van der Waals surface area (Å²) in [6.07, 6.45) is -4.80. The lowest BCUT2D eigenvalue weighted by Gasteiger charge is -2.25. The number of thioether (sulfide) groups is 1. The highest BCUT2D eigenvalue weighted by Crippen LogP contribution is 2.38. The molecule has 0 bridgehead atoms. The van der Waals surface area contributed by atoms with Crippen molar-refractivity contribution < 1.29 is 26.4 Å². The summed E-state index contributed by atoms with van der Waals surface area (Å²) in [7, 11) is -4.34. The van der Waals surface area contributed by atoms with Gasteiger partial charge in [0.2, 0.25) is 5.91 Å². The van der Waals surface area contributed by atoms with Crippen molar-refractivity contribution in [3.63, 3.8) is 0 Å². The molecule has 0 radical (unpaired) electrons. The Morgan fingerprint density at radius 2 is 1.69 bits per heavy atom. The first-order valence-corrected chi connectivity index (χ1v) is 13.8. The molecule has 0 aromatic heterocycles. The number of hydrogen-bond acceptors (Lipinski definition) is 4. The van der Waals surface area contributed by atoms with Gasteiger partial charge in [-0.25, -0.2) is 8.42 Å². The molecule has 0 saturated carbocycles. The van der Waals surface area contributed by atoms with Crippen molar-refractivity contribution in [2.24, 2.45) is 0 Å². The molecule has 36 heavy (non-hydrogen) atoms. The van der Waals surface area contributed by atoms with Gasteiger partial charge in [-0.3, -0.25) is 9.10 Å². The average molecular weight is 557 g/mol. The Kier molecular flexibility index (Phi) is 9.32. The van der Waals surface area contributed by atoms with Crippen LogP contribution in [0.5, 0.6) is 0 Å². The Balaban J connectivity index is 1.75. The van der Waals surface area contributed by atoms with Gasteiger partial charge in [-0.05, 0) is 48.4 Å². The van der Waals surface area contributed by atoms with E-state index in [9.17, 15) is 26.4 Å². The lowest BCUT2D eigenvalue weighted by Crippen LogP contribution is -2.41. The van der Waals surface area contributed by atoms with Crippen molar-refractivity contribution in [1.82, 2.24) is 5.32 Å². The van der Waals surface area contributed by atoms with Crippen LogP contribution in [0.4, 0.5) is 18.9 Å². The van der Waals surface area contributed by atoms with Crippen molar-refractivity contribution in [2.75, 3.05) is 23.1 Å². The van der Waals surface area contributed by atoms with Crippen LogP contribution in [0.2, 0.25) is 5.02 Å². The van der Waals surface area contributed by atoms with Crippen molar-refractivity contribution in [1.29, 1.82) is 0 Å². The summed E-state index contributed by atoms with van der Waals surface area (Å²) in [4.78, 5) is 12.5. The van der Waals surface area contributed by atoms with Gasteiger partial charge in [-0.15, -0.1) is 0 Å². The molecule has 1 N–H and O–H groups in total. The van der Waals surface area contributed by atoms with E-state index < -0.39 is 39.2 Å². The SMILES string of the molecule is Cc1ccccc1CSCCNC(=O)CN(c1ccc(Cl)c(C(F)(F)F)c1)S(=O)(=O)c1ccccc1. The van der Waals surface area contributed by atoms with Crippen molar-refractivity contribution >= 4 is 45.0 Å². The monoisotopic (exact) mass is 556 g/mol. The van der Waals surface area contributed by atoms with Crippen LogP contribution in [0.15, 0.2) is 77.7 Å². The van der Waals surface area contributed by atoms with Gasteiger partial charge in [0.1, 0.15) is 6.54 Å². The number of anilines is 1. The zero-order valence-corrected chi connectivity index (χ0v) is 21.6. The van der Waals surface area contributed by atoms with Crippen LogP contribution >= 0.6 is 23.4 Å². The van der Waals surface area contributed by atoms with E-state index in [0.29, 0.717) is 16.1 Å². The summed E-state index contributed by atoms with van der Waals surface area (Å²) in [5.74, 6) is 0.682. The first-order chi connectivity index (χ1) is 17.0. The summed E-state index contributed by atoms with van der Waals surface area (Å²) >= 11 is 7.31. The molecule has 0 atom stereocenters. The first kappa shape index (κ1) is 27.9. The molecule has 192 valence electrons. The Morgan fingerprint density at radius 1 is 1.03 bits per heavy atom. The van der Waals surface area contributed by atoms with Crippen LogP contribution in [-0.4, -0.2) is 33.2 Å². The lowest BCUT2D eigenvalue weighted by atomic mass is 10.1. The topological polar surface area (TPSA) is 66.5 Å². The zero-order chi connectivity index (χ0) is 26.3. The minimum atomic E-state index is -4.80. The van der Waals surface area contributed by atoms with Gasteiger partial charge in [0.15, 0.2) is 0 Å². The molecule has 0 heterocycles. The van der Waals surface area contributed by atoms with E-state index in [1.807, 2.05) is 31.2 Å². The van der Waals surface area contributed by atoms with Crippen LogP contribution in [0, 0.1) is 6.92 Å². The number of benzene rings is 3. The molecule has 3 aromatic carbocycles. The number of alkyl halides is 3. The maximum absolute atomic E-state index is 13.4. The molecule has 3 rings (SSSR count). The Hall–Kier alpha value is -2.69. The fraction of sp³-hybridized carbons (Fsp3) is 0.240. The van der Waals surface area contributed by atoms with Crippen molar-refractivity contribution in [3.8, 4) is 0 Å². The van der Waals surface area contributed by atoms with Crippen LogP contribution in [0.1, 0.15) is 16.7 Å². The molecule has 0 aliphatic rings. The van der Waals surface area contributed by atoms with Gasteiger partial charge in [0.05, 0.1) is 21.2 Å². The highest BCUT2D eigenvalue weighted by Gasteiger charge is 2.35. The van der Waals surface area contributed by atoms with E-state index in [1.54, 1.807) is 17.8 Å². The van der Waals surface area contributed by atoms with Crippen LogP contribution in [0.3, 0.4) is 0 Å². The third-order valence-electron chi connectivity index (χ3n) is 5.25. The van der Waals surface area contributed by atoms with E-state index in [0.717, 1.165) is 23.4 Å². The summed E-state index contributed by atoms with van der Waals surface area (Å²) in [6.45, 7) is 1.59. The number of aryl methyl sites for hydroxylation is 1. The van der Waals surface area contributed by atoms with Gasteiger partial charge in [0.25, 0.3) is 10.0 Å². The number of rotatable bonds is 10. The molecule has 0 aliphatic carbocycles. The maximum Gasteiger partial charge on any atom is 0.417 e. The Morgan fingerprint density at radius 3 is 2.36 bits per heavy atom. The number of carbonyl (C=O) groups is 1. The summed E-state index contributed by atoms with van der Waals surface area (Å²) in [6, 6.07) is 17.9. The number of nitrogens with one attached hydrogen (secondary N) is 1. The van der Waals surface area contributed by atoms with Crippen LogP contribution < -0.4 is 9.62 Å². The van der Waals surface area contributed by atoms with E-state index in [2.05, 4.69) is 5.32 Å². The summed E-state index contributed by atoms with van der Waals surface area (Å²) < 4.78 is 67.6. The third kappa shape index (κ3) is 7.18. The number of carbonyl (C=O) groups excluding carboxylic acids is 1.